The van der Waals surface area contributed by atoms with Crippen molar-refractivity contribution in [3.63, 3.8) is 0 Å². The van der Waals surface area contributed by atoms with Crippen LogP contribution in [0.1, 0.15) is 31.5 Å². The monoisotopic (exact) mass is 921 g/mol. The number of hydrogen-bond donors (Lipinski definition) is 0. The fraction of sp³-hybridized carbons (Fsp3) is 0. The van der Waals surface area contributed by atoms with Gasteiger partial charge in [0, 0.05) is 43.8 Å². The van der Waals surface area contributed by atoms with Crippen LogP contribution < -0.4 is 20.7 Å². The molecule has 0 aliphatic rings. The molecule has 69 heavy (non-hydrogen) atoms. The van der Waals surface area contributed by atoms with Gasteiger partial charge in [-0.05, 0) is 56.5 Å². The number of benzene rings is 10. The van der Waals surface area contributed by atoms with Gasteiger partial charge < -0.3 is 8.98 Å². The SMILES string of the molecule is [2H]c1c([2H])c([2H])c(-n2c3c([2H])c([2H])c([2H])c([2H])c3c3c([2H])c([2H])c([2H])c([2H])c32)c(-c2nc(-c3ccc([Si](c4ccccc4)(c4ccccc4)c4ccccc4)cc3)nc(-c3c([2H])c([2H])c(-c4c([2H])c([2H])c([2H])c5c4oc4c([2H])c([2H])c([2H])c([2H])c45)c([2H])c3[2H])n2)c1[2H]. The maximum atomic E-state index is 9.76. The molecular weight excluding hydrogens is 857 g/mol. The van der Waals surface area contributed by atoms with Gasteiger partial charge in [-0.3, -0.25) is 0 Å². The third-order valence-electron chi connectivity index (χ3n) is 12.0. The number of hydrogen-bond acceptors (Lipinski definition) is 4. The molecule has 3 aromatic heterocycles. The molecule has 0 spiro atoms. The van der Waals surface area contributed by atoms with Gasteiger partial charge in [-0.25, -0.2) is 15.0 Å². The molecule has 0 aliphatic carbocycles. The molecule has 13 rings (SSSR count). The summed E-state index contributed by atoms with van der Waals surface area (Å²) in [5, 5.41) is 2.39. The Labute approximate surface area is 432 Å². The summed E-state index contributed by atoms with van der Waals surface area (Å²) in [6.07, 6.45) is 0. The highest BCUT2D eigenvalue weighted by atomic mass is 28.3. The van der Waals surface area contributed by atoms with Crippen LogP contribution >= 0.6 is 0 Å². The van der Waals surface area contributed by atoms with Crippen LogP contribution in [0.5, 0.6) is 0 Å². The van der Waals surface area contributed by atoms with Gasteiger partial charge in [0.25, 0.3) is 0 Å². The van der Waals surface area contributed by atoms with Crippen LogP contribution in [-0.4, -0.2) is 27.6 Å². The minimum absolute atomic E-state index is 0.198. The summed E-state index contributed by atoms with van der Waals surface area (Å²) in [5.74, 6) is -1.62. The van der Waals surface area contributed by atoms with Crippen molar-refractivity contribution in [1.82, 2.24) is 19.5 Å². The molecule has 324 valence electrons. The zero-order valence-electron chi connectivity index (χ0n) is 58.7. The van der Waals surface area contributed by atoms with Crippen LogP contribution in [0.3, 0.4) is 0 Å². The van der Waals surface area contributed by atoms with Gasteiger partial charge in [0.2, 0.25) is 0 Å². The predicted molar refractivity (Wildman–Crippen MR) is 287 cm³/mol. The summed E-state index contributed by atoms with van der Waals surface area (Å²) in [6, 6.07) is 18.4. The highest BCUT2D eigenvalue weighted by molar-refractivity contribution is 7.19. The average Bonchev–Trinajstić information content (AvgIpc) is 1.49. The standard InChI is InChI=1S/C63H42N4OSi/c1-4-19-46(20-5-1)69(47-21-6-2-7-22-47,48-23-8-3-9-24-48)49-41-39-45(40-42-49)62-64-61(44-37-35-43(36-38-44)50-29-18-30-54-53-27-13-17-34-59(53)68-60(50)54)65-63(66-62)55-28-12-16-33-58(55)67-56-31-14-10-25-51(56)52-26-11-15-32-57(52)67/h1-42H/i10D,11D,12D,13D,14D,15D,16D,17D,18D,25D,26D,27D,28D,29D,30D,31D,32D,33D,34D,35D,36D,37D,38D. The van der Waals surface area contributed by atoms with E-state index < -0.39 is 220 Å². The number of aromatic nitrogens is 4. The van der Waals surface area contributed by atoms with E-state index in [1.165, 1.54) is 0 Å². The molecule has 0 aliphatic heterocycles. The molecular formula is C63H42N4OSi. The lowest BCUT2D eigenvalue weighted by Gasteiger charge is -2.34. The highest BCUT2D eigenvalue weighted by Gasteiger charge is 2.41. The number of rotatable bonds is 9. The first kappa shape index (κ1) is 23.2. The molecule has 5 nitrogen and oxygen atoms in total. The molecule has 0 bridgehead atoms. The molecule has 0 unspecified atom stereocenters. The summed E-state index contributed by atoms with van der Waals surface area (Å²) >= 11 is 0. The minimum Gasteiger partial charge on any atom is -0.455 e. The zero-order valence-corrected chi connectivity index (χ0v) is 36.7. The maximum absolute atomic E-state index is 9.76. The second-order valence-corrected chi connectivity index (χ2v) is 19.6. The molecule has 0 saturated carbocycles. The lowest BCUT2D eigenvalue weighted by molar-refractivity contribution is 0.670. The molecule has 0 N–H and O–H groups in total. The van der Waals surface area contributed by atoms with Gasteiger partial charge in [0.1, 0.15) is 11.2 Å². The topological polar surface area (TPSA) is 56.7 Å². The Balaban J connectivity index is 1.14. The Kier molecular flexibility index (Phi) is 5.61. The zero-order chi connectivity index (χ0) is 65.7. The average molecular weight is 922 g/mol. The third-order valence-corrected chi connectivity index (χ3v) is 16.8. The van der Waals surface area contributed by atoms with E-state index in [2.05, 4.69) is 36.4 Å². The second-order valence-electron chi connectivity index (χ2n) is 15.7. The lowest BCUT2D eigenvalue weighted by atomic mass is 10.0. The van der Waals surface area contributed by atoms with Crippen molar-refractivity contribution in [1.29, 1.82) is 0 Å². The Bertz CT molecular complexity index is 5180. The number of nitrogens with zero attached hydrogens (tertiary/aromatic N) is 4. The fourth-order valence-electron chi connectivity index (χ4n) is 9.00. The Morgan fingerprint density at radius 2 is 0.826 bits per heavy atom. The largest absolute Gasteiger partial charge is 0.455 e. The molecule has 10 aromatic carbocycles. The van der Waals surface area contributed by atoms with Crippen LogP contribution in [0.15, 0.2) is 259 Å². The van der Waals surface area contributed by atoms with Crippen molar-refractivity contribution in [3.05, 3.63) is 254 Å². The molecule has 0 fully saturated rings. The number of para-hydroxylation sites is 5. The van der Waals surface area contributed by atoms with E-state index >= 15 is 0 Å². The van der Waals surface area contributed by atoms with Crippen molar-refractivity contribution in [2.75, 3.05) is 0 Å². The van der Waals surface area contributed by atoms with E-state index in [9.17, 15) is 11.0 Å². The quantitative estimate of drug-likeness (QED) is 0.107. The number of fused-ring (bicyclic) bond motifs is 6. The highest BCUT2D eigenvalue weighted by Crippen LogP contribution is 2.38. The Hall–Kier alpha value is -8.97. The van der Waals surface area contributed by atoms with Crippen molar-refractivity contribution in [2.24, 2.45) is 0 Å². The Morgan fingerprint density at radius 1 is 0.362 bits per heavy atom. The smallest absolute Gasteiger partial charge is 0.179 e. The first-order valence-corrected chi connectivity index (χ1v) is 23.5. The van der Waals surface area contributed by atoms with E-state index in [0.717, 1.165) is 25.3 Å². The van der Waals surface area contributed by atoms with Crippen molar-refractivity contribution in [2.45, 2.75) is 0 Å². The fourth-order valence-corrected chi connectivity index (χ4v) is 13.7. The Morgan fingerprint density at radius 3 is 1.45 bits per heavy atom. The maximum Gasteiger partial charge on any atom is 0.179 e. The number of furan rings is 1. The van der Waals surface area contributed by atoms with E-state index in [4.69, 9.17) is 39.9 Å². The van der Waals surface area contributed by atoms with Gasteiger partial charge in [-0.15, -0.1) is 0 Å². The van der Waals surface area contributed by atoms with E-state index in [1.807, 2.05) is 66.7 Å². The molecule has 0 radical (unpaired) electrons. The third kappa shape index (κ3) is 6.72. The lowest BCUT2D eigenvalue weighted by Crippen LogP contribution is -2.74. The normalized spacial score (nSPS) is 16.4. The van der Waals surface area contributed by atoms with Gasteiger partial charge in [0.05, 0.1) is 48.2 Å². The summed E-state index contributed by atoms with van der Waals surface area (Å²) in [6.45, 7) is 0. The van der Waals surface area contributed by atoms with E-state index in [1.54, 1.807) is 12.1 Å². The summed E-state index contributed by atoms with van der Waals surface area (Å²) in [4.78, 5) is 14.4. The van der Waals surface area contributed by atoms with E-state index in [-0.39, 0.29) is 22.2 Å². The van der Waals surface area contributed by atoms with Gasteiger partial charge in [-0.1, -0.05) is 224 Å². The first-order valence-electron chi connectivity index (χ1n) is 33.0. The molecule has 0 atom stereocenters. The summed E-state index contributed by atoms with van der Waals surface area (Å²) in [5.41, 5.74) is -5.03. The predicted octanol–water partition coefficient (Wildman–Crippen LogP) is 12.9. The van der Waals surface area contributed by atoms with Crippen LogP contribution in [-0.2, 0) is 0 Å². The molecule has 0 saturated heterocycles. The second kappa shape index (κ2) is 16.7. The van der Waals surface area contributed by atoms with Crippen molar-refractivity contribution < 1.29 is 35.9 Å². The van der Waals surface area contributed by atoms with Gasteiger partial charge >= 0.3 is 0 Å². The van der Waals surface area contributed by atoms with Crippen LogP contribution in [0.25, 0.3) is 94.7 Å². The molecule has 6 heteroatoms. The van der Waals surface area contributed by atoms with Gasteiger partial charge in [0.15, 0.2) is 25.5 Å². The first-order chi connectivity index (χ1) is 43.8. The summed E-state index contributed by atoms with van der Waals surface area (Å²) < 4.78 is 216. The van der Waals surface area contributed by atoms with E-state index in [0.29, 0.717) is 0 Å². The van der Waals surface area contributed by atoms with Crippen LogP contribution in [0.4, 0.5) is 0 Å². The molecule has 0 amide bonds. The van der Waals surface area contributed by atoms with Crippen LogP contribution in [0, 0.1) is 0 Å². The van der Waals surface area contributed by atoms with Crippen molar-refractivity contribution >= 4 is 72.6 Å². The molecule has 3 heterocycles. The molecule has 13 aromatic rings. The van der Waals surface area contributed by atoms with Crippen LogP contribution in [0.2, 0.25) is 0 Å². The summed E-state index contributed by atoms with van der Waals surface area (Å²) in [7, 11) is -3.22. The van der Waals surface area contributed by atoms with Crippen molar-refractivity contribution in [3.8, 4) is 51.0 Å². The minimum atomic E-state index is -3.22. The van der Waals surface area contributed by atoms with Gasteiger partial charge in [-0.2, -0.15) is 0 Å².